The first kappa shape index (κ1) is 13.5. The van der Waals surface area contributed by atoms with E-state index in [1.807, 2.05) is 32.0 Å². The van der Waals surface area contributed by atoms with Crippen LogP contribution in [0.4, 0.5) is 4.39 Å². The summed E-state index contributed by atoms with van der Waals surface area (Å²) >= 11 is 1.22. The van der Waals surface area contributed by atoms with E-state index in [2.05, 4.69) is 4.98 Å². The maximum atomic E-state index is 13.0. The first-order chi connectivity index (χ1) is 8.97. The van der Waals surface area contributed by atoms with E-state index in [9.17, 15) is 9.18 Å². The molecule has 0 bridgehead atoms. The third-order valence-electron chi connectivity index (χ3n) is 2.74. The van der Waals surface area contributed by atoms with Gasteiger partial charge in [0.2, 0.25) is 0 Å². The van der Waals surface area contributed by atoms with E-state index in [0.717, 1.165) is 28.3 Å². The summed E-state index contributed by atoms with van der Waals surface area (Å²) in [4.78, 5) is 15.8. The van der Waals surface area contributed by atoms with E-state index in [1.165, 1.54) is 11.8 Å². The molecule has 19 heavy (non-hydrogen) atoms. The van der Waals surface area contributed by atoms with Gasteiger partial charge in [0.1, 0.15) is 10.8 Å². The predicted molar refractivity (Wildman–Crippen MR) is 71.2 cm³/mol. The van der Waals surface area contributed by atoms with E-state index in [4.69, 9.17) is 5.11 Å². The molecule has 3 nitrogen and oxygen atoms in total. The lowest BCUT2D eigenvalue weighted by Gasteiger charge is -2.07. The first-order valence-corrected chi connectivity index (χ1v) is 6.43. The van der Waals surface area contributed by atoms with E-state index in [0.29, 0.717) is 0 Å². The minimum absolute atomic E-state index is 0.122. The predicted octanol–water partition coefficient (Wildman–Crippen LogP) is 3.69. The number of aromatic nitrogens is 1. The molecule has 2 aromatic rings. The average Bonchev–Trinajstić information content (AvgIpc) is 2.36. The summed E-state index contributed by atoms with van der Waals surface area (Å²) in [5.74, 6) is -1.83. The summed E-state index contributed by atoms with van der Waals surface area (Å²) in [5, 5.41) is 9.34. The van der Waals surface area contributed by atoms with E-state index < -0.39 is 11.8 Å². The van der Waals surface area contributed by atoms with Crippen LogP contribution in [0.2, 0.25) is 0 Å². The van der Waals surface area contributed by atoms with Gasteiger partial charge in [-0.1, -0.05) is 17.8 Å². The fraction of sp³-hybridized carbons (Fsp3) is 0.143. The van der Waals surface area contributed by atoms with Crippen molar-refractivity contribution in [1.29, 1.82) is 0 Å². The number of aromatic carboxylic acids is 1. The SMILES string of the molecule is Cc1ccc(Sc2ncc(F)cc2C(=O)O)cc1C. The van der Waals surface area contributed by atoms with Crippen molar-refractivity contribution >= 4 is 17.7 Å². The van der Waals surface area contributed by atoms with Crippen molar-refractivity contribution < 1.29 is 14.3 Å². The Balaban J connectivity index is 2.37. The summed E-state index contributed by atoms with van der Waals surface area (Å²) < 4.78 is 13.0. The van der Waals surface area contributed by atoms with Crippen LogP contribution >= 0.6 is 11.8 Å². The molecule has 0 aliphatic rings. The number of carboxylic acids is 1. The first-order valence-electron chi connectivity index (χ1n) is 5.61. The van der Waals surface area contributed by atoms with Crippen molar-refractivity contribution in [2.75, 3.05) is 0 Å². The molecule has 2 rings (SSSR count). The Morgan fingerprint density at radius 1 is 1.26 bits per heavy atom. The third kappa shape index (κ3) is 3.12. The number of carboxylic acid groups (broad SMARTS) is 1. The Morgan fingerprint density at radius 2 is 2.00 bits per heavy atom. The molecule has 0 atom stereocenters. The van der Waals surface area contributed by atoms with Gasteiger partial charge in [0.25, 0.3) is 0 Å². The summed E-state index contributed by atoms with van der Waals surface area (Å²) in [5.41, 5.74) is 2.15. The molecule has 0 spiro atoms. The number of nitrogens with zero attached hydrogens (tertiary/aromatic N) is 1. The molecule has 0 saturated heterocycles. The van der Waals surface area contributed by atoms with Crippen molar-refractivity contribution in [3.05, 3.63) is 53.0 Å². The van der Waals surface area contributed by atoms with Crippen LogP contribution in [0.25, 0.3) is 0 Å². The Bertz CT molecular complexity index is 643. The topological polar surface area (TPSA) is 50.2 Å². The molecule has 0 radical (unpaired) electrons. The molecular weight excluding hydrogens is 265 g/mol. The number of carbonyl (C=O) groups is 1. The third-order valence-corrected chi connectivity index (χ3v) is 3.75. The second kappa shape index (κ2) is 5.40. The number of aryl methyl sites for hydroxylation is 2. The molecule has 0 saturated carbocycles. The summed E-state index contributed by atoms with van der Waals surface area (Å²) in [6.45, 7) is 3.98. The lowest BCUT2D eigenvalue weighted by atomic mass is 10.1. The highest BCUT2D eigenvalue weighted by Crippen LogP contribution is 2.30. The highest BCUT2D eigenvalue weighted by molar-refractivity contribution is 7.99. The number of rotatable bonds is 3. The van der Waals surface area contributed by atoms with Gasteiger partial charge in [-0.25, -0.2) is 14.2 Å². The number of pyridine rings is 1. The van der Waals surface area contributed by atoms with Crippen molar-refractivity contribution in [2.24, 2.45) is 0 Å². The maximum absolute atomic E-state index is 13.0. The zero-order valence-electron chi connectivity index (χ0n) is 10.5. The van der Waals surface area contributed by atoms with Crippen LogP contribution in [-0.4, -0.2) is 16.1 Å². The van der Waals surface area contributed by atoms with Gasteiger partial charge in [-0.05, 0) is 43.2 Å². The zero-order chi connectivity index (χ0) is 14.0. The fourth-order valence-corrected chi connectivity index (χ4v) is 2.51. The van der Waals surface area contributed by atoms with Crippen LogP contribution in [0.3, 0.4) is 0 Å². The van der Waals surface area contributed by atoms with Crippen LogP contribution in [0.1, 0.15) is 21.5 Å². The lowest BCUT2D eigenvalue weighted by Crippen LogP contribution is -2.01. The molecule has 1 aromatic carbocycles. The van der Waals surface area contributed by atoms with Crippen LogP contribution in [0, 0.1) is 19.7 Å². The quantitative estimate of drug-likeness (QED) is 0.929. The van der Waals surface area contributed by atoms with Gasteiger partial charge < -0.3 is 5.11 Å². The van der Waals surface area contributed by atoms with Gasteiger partial charge >= 0.3 is 5.97 Å². The molecule has 1 heterocycles. The van der Waals surface area contributed by atoms with Gasteiger partial charge in [-0.15, -0.1) is 0 Å². The molecule has 0 aliphatic carbocycles. The Kier molecular flexibility index (Phi) is 3.85. The molecule has 1 aromatic heterocycles. The summed E-state index contributed by atoms with van der Waals surface area (Å²) in [7, 11) is 0. The van der Waals surface area contributed by atoms with Crippen molar-refractivity contribution in [1.82, 2.24) is 4.98 Å². The molecule has 98 valence electrons. The minimum Gasteiger partial charge on any atom is -0.478 e. The van der Waals surface area contributed by atoms with Crippen LogP contribution in [-0.2, 0) is 0 Å². The van der Waals surface area contributed by atoms with Gasteiger partial charge in [-0.2, -0.15) is 0 Å². The normalized spacial score (nSPS) is 10.5. The standard InChI is InChI=1S/C14H12FNO2S/c1-8-3-4-11(5-9(8)2)19-13-12(14(17)18)6-10(15)7-16-13/h3-7H,1-2H3,(H,17,18). The molecular formula is C14H12FNO2S. The summed E-state index contributed by atoms with van der Waals surface area (Å²) in [6, 6.07) is 6.79. The number of hydrogen-bond acceptors (Lipinski definition) is 3. The van der Waals surface area contributed by atoms with Crippen LogP contribution < -0.4 is 0 Å². The molecule has 0 fully saturated rings. The Labute approximate surface area is 114 Å². The zero-order valence-corrected chi connectivity index (χ0v) is 11.3. The Morgan fingerprint density at radius 3 is 2.63 bits per heavy atom. The fourth-order valence-electron chi connectivity index (χ4n) is 1.55. The Hall–Kier alpha value is -1.88. The van der Waals surface area contributed by atoms with Crippen LogP contribution in [0.15, 0.2) is 40.4 Å². The minimum atomic E-state index is -1.18. The van der Waals surface area contributed by atoms with Gasteiger partial charge in [-0.3, -0.25) is 0 Å². The lowest BCUT2D eigenvalue weighted by molar-refractivity contribution is 0.0691. The largest absolute Gasteiger partial charge is 0.478 e. The van der Waals surface area contributed by atoms with Gasteiger partial charge in [0, 0.05) is 4.90 Å². The number of hydrogen-bond donors (Lipinski definition) is 1. The van der Waals surface area contributed by atoms with Crippen molar-refractivity contribution in [2.45, 2.75) is 23.8 Å². The average molecular weight is 277 g/mol. The van der Waals surface area contributed by atoms with E-state index >= 15 is 0 Å². The molecule has 1 N–H and O–H groups in total. The second-order valence-electron chi connectivity index (χ2n) is 4.16. The van der Waals surface area contributed by atoms with Gasteiger partial charge in [0.15, 0.2) is 0 Å². The smallest absolute Gasteiger partial charge is 0.338 e. The summed E-state index contributed by atoms with van der Waals surface area (Å²) in [6.07, 6.45) is 1.02. The number of benzene rings is 1. The highest BCUT2D eigenvalue weighted by Gasteiger charge is 2.14. The maximum Gasteiger partial charge on any atom is 0.338 e. The molecule has 0 aliphatic heterocycles. The van der Waals surface area contributed by atoms with Crippen LogP contribution in [0.5, 0.6) is 0 Å². The van der Waals surface area contributed by atoms with Crippen molar-refractivity contribution in [3.8, 4) is 0 Å². The van der Waals surface area contributed by atoms with Gasteiger partial charge in [0.05, 0.1) is 11.8 Å². The molecule has 0 unspecified atom stereocenters. The van der Waals surface area contributed by atoms with E-state index in [1.54, 1.807) is 0 Å². The molecule has 5 heteroatoms. The van der Waals surface area contributed by atoms with E-state index in [-0.39, 0.29) is 10.6 Å². The van der Waals surface area contributed by atoms with Crippen molar-refractivity contribution in [3.63, 3.8) is 0 Å². The monoisotopic (exact) mass is 277 g/mol. The second-order valence-corrected chi connectivity index (χ2v) is 5.22. The number of halogens is 1. The highest BCUT2D eigenvalue weighted by atomic mass is 32.2. The molecule has 0 amide bonds.